The average molecular weight is 241 g/mol. The number of hydrogen-bond donors (Lipinski definition) is 0. The van der Waals surface area contributed by atoms with Crippen LogP contribution in [-0.4, -0.2) is 60.6 Å². The van der Waals surface area contributed by atoms with Crippen LogP contribution in [0.4, 0.5) is 0 Å². The fraction of sp³-hybridized carbons (Fsp3) is 0.818. The Bertz CT molecular complexity index is 258. The van der Waals surface area contributed by atoms with Crippen molar-refractivity contribution in [3.8, 4) is 0 Å². The highest BCUT2D eigenvalue weighted by atomic mass is 32.1. The third kappa shape index (κ3) is 3.42. The van der Waals surface area contributed by atoms with Crippen LogP contribution in [0.1, 0.15) is 19.3 Å². The van der Waals surface area contributed by atoms with Gasteiger partial charge in [-0.15, -0.1) is 0 Å². The van der Waals surface area contributed by atoms with Crippen LogP contribution in [0.15, 0.2) is 4.99 Å². The molecule has 2 saturated heterocycles. The molecule has 0 N–H and O–H groups in total. The Balaban J connectivity index is 1.78. The molecule has 2 aliphatic rings. The van der Waals surface area contributed by atoms with E-state index in [2.05, 4.69) is 14.8 Å². The fourth-order valence-corrected chi connectivity index (χ4v) is 2.22. The van der Waals surface area contributed by atoms with Crippen LogP contribution in [0.2, 0.25) is 0 Å². The van der Waals surface area contributed by atoms with Gasteiger partial charge >= 0.3 is 0 Å². The van der Waals surface area contributed by atoms with Crippen molar-refractivity contribution >= 4 is 23.7 Å². The van der Waals surface area contributed by atoms with E-state index < -0.39 is 0 Å². The summed E-state index contributed by atoms with van der Waals surface area (Å²) >= 11 is 5.31. The van der Waals surface area contributed by atoms with Crippen molar-refractivity contribution in [3.63, 3.8) is 0 Å². The van der Waals surface area contributed by atoms with Crippen LogP contribution in [-0.2, 0) is 4.74 Å². The van der Waals surface area contributed by atoms with Crippen LogP contribution in [0.5, 0.6) is 0 Å². The number of aliphatic imine (C=N–C) groups is 1. The summed E-state index contributed by atoms with van der Waals surface area (Å²) in [6.45, 7) is 5.57. The van der Waals surface area contributed by atoms with Crippen molar-refractivity contribution < 1.29 is 4.74 Å². The molecule has 0 atom stereocenters. The number of thiocarbonyl (C=S) groups is 1. The lowest BCUT2D eigenvalue weighted by Crippen LogP contribution is -2.37. The molecule has 0 spiro atoms. The van der Waals surface area contributed by atoms with E-state index in [0.29, 0.717) is 0 Å². The van der Waals surface area contributed by atoms with Crippen molar-refractivity contribution in [2.75, 3.05) is 39.4 Å². The highest BCUT2D eigenvalue weighted by Gasteiger charge is 2.12. The van der Waals surface area contributed by atoms with Gasteiger partial charge in [0.25, 0.3) is 0 Å². The lowest BCUT2D eigenvalue weighted by Gasteiger charge is -2.28. The Hall–Kier alpha value is -0.680. The molecule has 0 bridgehead atoms. The Morgan fingerprint density at radius 3 is 2.44 bits per heavy atom. The van der Waals surface area contributed by atoms with Gasteiger partial charge in [0, 0.05) is 26.2 Å². The molecule has 0 aliphatic carbocycles. The van der Waals surface area contributed by atoms with Gasteiger partial charge in [-0.2, -0.15) is 0 Å². The minimum Gasteiger partial charge on any atom is -0.378 e. The Kier molecular flexibility index (Phi) is 4.54. The molecule has 0 amide bonds. The van der Waals surface area contributed by atoms with E-state index in [1.807, 2.05) is 6.34 Å². The quantitative estimate of drug-likeness (QED) is 0.391. The standard InChI is InChI=1S/C11H19N3OS/c16-11(14-4-2-1-3-5-14)12-10-13-6-8-15-9-7-13/h10H,1-9H2/b12-10+. The Morgan fingerprint density at radius 1 is 1.06 bits per heavy atom. The molecular weight excluding hydrogens is 222 g/mol. The van der Waals surface area contributed by atoms with Gasteiger partial charge in [0.2, 0.25) is 0 Å². The molecule has 0 radical (unpaired) electrons. The van der Waals surface area contributed by atoms with E-state index in [1.54, 1.807) is 0 Å². The fourth-order valence-electron chi connectivity index (χ4n) is 1.99. The molecule has 2 heterocycles. The number of likely N-dealkylation sites (tertiary alicyclic amines) is 1. The first-order valence-corrected chi connectivity index (χ1v) is 6.42. The smallest absolute Gasteiger partial charge is 0.196 e. The Labute approximate surface area is 102 Å². The molecule has 16 heavy (non-hydrogen) atoms. The van der Waals surface area contributed by atoms with Crippen molar-refractivity contribution in [2.24, 2.45) is 4.99 Å². The van der Waals surface area contributed by atoms with E-state index in [0.717, 1.165) is 44.5 Å². The lowest BCUT2D eigenvalue weighted by atomic mass is 10.1. The van der Waals surface area contributed by atoms with Gasteiger partial charge in [-0.05, 0) is 31.5 Å². The molecule has 2 rings (SSSR count). The summed E-state index contributed by atoms with van der Waals surface area (Å²) in [5, 5.41) is 0.742. The maximum atomic E-state index is 5.31. The number of hydrogen-bond acceptors (Lipinski definition) is 2. The first kappa shape index (κ1) is 11.8. The van der Waals surface area contributed by atoms with E-state index in [4.69, 9.17) is 17.0 Å². The van der Waals surface area contributed by atoms with Crippen molar-refractivity contribution in [3.05, 3.63) is 0 Å². The monoisotopic (exact) mass is 241 g/mol. The maximum absolute atomic E-state index is 5.31. The zero-order chi connectivity index (χ0) is 11.2. The molecule has 0 saturated carbocycles. The highest BCUT2D eigenvalue weighted by Crippen LogP contribution is 2.09. The van der Waals surface area contributed by atoms with E-state index in [-0.39, 0.29) is 0 Å². The molecule has 0 aromatic carbocycles. The van der Waals surface area contributed by atoms with Gasteiger partial charge in [0.15, 0.2) is 5.11 Å². The van der Waals surface area contributed by atoms with Gasteiger partial charge in [0.1, 0.15) is 0 Å². The van der Waals surface area contributed by atoms with Gasteiger partial charge in [-0.25, -0.2) is 4.99 Å². The van der Waals surface area contributed by atoms with Crippen molar-refractivity contribution in [1.82, 2.24) is 9.80 Å². The zero-order valence-electron chi connectivity index (χ0n) is 9.60. The number of morpholine rings is 1. The SMILES string of the molecule is S=C(/N=C/N1CCOCC1)N1CCCCC1. The summed E-state index contributed by atoms with van der Waals surface area (Å²) < 4.78 is 5.28. The van der Waals surface area contributed by atoms with E-state index in [9.17, 15) is 0 Å². The summed E-state index contributed by atoms with van der Waals surface area (Å²) in [6, 6.07) is 0. The third-order valence-electron chi connectivity index (χ3n) is 3.00. The topological polar surface area (TPSA) is 28.1 Å². The second kappa shape index (κ2) is 6.15. The van der Waals surface area contributed by atoms with Crippen molar-refractivity contribution in [1.29, 1.82) is 0 Å². The Morgan fingerprint density at radius 2 is 1.75 bits per heavy atom. The molecule has 0 aromatic heterocycles. The zero-order valence-corrected chi connectivity index (χ0v) is 10.4. The first-order chi connectivity index (χ1) is 7.86. The van der Waals surface area contributed by atoms with Gasteiger partial charge < -0.3 is 14.5 Å². The molecule has 90 valence electrons. The normalized spacial score (nSPS) is 22.8. The second-order valence-electron chi connectivity index (χ2n) is 4.22. The second-order valence-corrected chi connectivity index (χ2v) is 4.59. The number of nitrogens with zero attached hydrogens (tertiary/aromatic N) is 3. The summed E-state index contributed by atoms with van der Waals surface area (Å²) in [4.78, 5) is 8.74. The molecule has 2 fully saturated rings. The molecule has 0 aromatic rings. The largest absolute Gasteiger partial charge is 0.378 e. The first-order valence-electron chi connectivity index (χ1n) is 6.01. The van der Waals surface area contributed by atoms with Gasteiger partial charge in [-0.3, -0.25) is 0 Å². The predicted octanol–water partition coefficient (Wildman–Crippen LogP) is 1.12. The van der Waals surface area contributed by atoms with Gasteiger partial charge in [0.05, 0.1) is 19.6 Å². The molecule has 0 unspecified atom stereocenters. The average Bonchev–Trinajstić information content (AvgIpc) is 2.38. The number of piperidine rings is 1. The van der Waals surface area contributed by atoms with Crippen LogP contribution in [0.25, 0.3) is 0 Å². The van der Waals surface area contributed by atoms with E-state index in [1.165, 1.54) is 19.3 Å². The van der Waals surface area contributed by atoms with E-state index >= 15 is 0 Å². The van der Waals surface area contributed by atoms with Crippen molar-refractivity contribution in [2.45, 2.75) is 19.3 Å². The summed E-state index contributed by atoms with van der Waals surface area (Å²) in [5.74, 6) is 0. The number of rotatable bonds is 1. The summed E-state index contributed by atoms with van der Waals surface area (Å²) in [5.41, 5.74) is 0. The summed E-state index contributed by atoms with van der Waals surface area (Å²) in [7, 11) is 0. The summed E-state index contributed by atoms with van der Waals surface area (Å²) in [6.07, 6.45) is 5.69. The van der Waals surface area contributed by atoms with Gasteiger partial charge in [-0.1, -0.05) is 0 Å². The van der Waals surface area contributed by atoms with Crippen LogP contribution in [0, 0.1) is 0 Å². The van der Waals surface area contributed by atoms with Crippen LogP contribution < -0.4 is 0 Å². The minimum atomic E-state index is 0.742. The molecule has 5 heteroatoms. The maximum Gasteiger partial charge on any atom is 0.196 e. The third-order valence-corrected chi connectivity index (χ3v) is 3.37. The molecular formula is C11H19N3OS. The molecule has 4 nitrogen and oxygen atoms in total. The molecule has 2 aliphatic heterocycles. The number of ether oxygens (including phenoxy) is 1. The minimum absolute atomic E-state index is 0.742. The lowest BCUT2D eigenvalue weighted by molar-refractivity contribution is 0.0701. The highest BCUT2D eigenvalue weighted by molar-refractivity contribution is 7.80. The van der Waals surface area contributed by atoms with Crippen LogP contribution >= 0.6 is 12.2 Å². The van der Waals surface area contributed by atoms with Crippen LogP contribution in [0.3, 0.4) is 0 Å². The predicted molar refractivity (Wildman–Crippen MR) is 68.9 cm³/mol.